The van der Waals surface area contributed by atoms with Crippen molar-refractivity contribution in [2.24, 2.45) is 0 Å². The molecule has 31 heavy (non-hydrogen) atoms. The Morgan fingerprint density at radius 3 is 1.77 bits per heavy atom. The van der Waals surface area contributed by atoms with Crippen molar-refractivity contribution in [2.45, 2.75) is 78.6 Å². The molecule has 0 bridgehead atoms. The minimum atomic E-state index is -0.572. The Hall–Kier alpha value is -1.83. The molecule has 0 aromatic rings. The number of rotatable bonds is 19. The summed E-state index contributed by atoms with van der Waals surface area (Å²) >= 11 is 0. The average molecular weight is 445 g/mol. The Bertz CT molecular complexity index is 487. The standard InChI is InChI=1S/C23H44N2O6/c1-5-8-9-10-11-12-13-14-15-16-30-22(27)20-24(6-2)21(26)19-25(7-3)23(28)31-18-17-29-4/h5-20H2,1-4H3. The number of likely N-dealkylation sites (N-methyl/N-ethyl adjacent to an activating group) is 2. The van der Waals surface area contributed by atoms with Gasteiger partial charge in [0.15, 0.2) is 0 Å². The zero-order valence-corrected chi connectivity index (χ0v) is 20.2. The third-order valence-corrected chi connectivity index (χ3v) is 5.04. The van der Waals surface area contributed by atoms with E-state index in [1.807, 2.05) is 0 Å². The van der Waals surface area contributed by atoms with Gasteiger partial charge in [-0.1, -0.05) is 58.3 Å². The van der Waals surface area contributed by atoms with Gasteiger partial charge in [-0.2, -0.15) is 0 Å². The maximum Gasteiger partial charge on any atom is 0.410 e. The first-order valence-corrected chi connectivity index (χ1v) is 11.8. The van der Waals surface area contributed by atoms with E-state index in [0.29, 0.717) is 26.3 Å². The van der Waals surface area contributed by atoms with Crippen LogP contribution in [-0.2, 0) is 23.8 Å². The van der Waals surface area contributed by atoms with E-state index in [1.165, 1.54) is 55.4 Å². The van der Waals surface area contributed by atoms with E-state index in [1.54, 1.807) is 13.8 Å². The molecule has 8 heteroatoms. The Labute approximate surface area is 188 Å². The topological polar surface area (TPSA) is 85.4 Å². The van der Waals surface area contributed by atoms with Gasteiger partial charge < -0.3 is 19.1 Å². The highest BCUT2D eigenvalue weighted by Crippen LogP contribution is 2.09. The Kier molecular flexibility index (Phi) is 18.9. The molecule has 0 unspecified atom stereocenters. The van der Waals surface area contributed by atoms with E-state index in [2.05, 4.69) is 6.92 Å². The summed E-state index contributed by atoms with van der Waals surface area (Å²) in [6, 6.07) is 0. The fraction of sp³-hybridized carbons (Fsp3) is 0.870. The first kappa shape index (κ1) is 29.2. The van der Waals surface area contributed by atoms with Crippen LogP contribution in [0.1, 0.15) is 78.6 Å². The van der Waals surface area contributed by atoms with Crippen molar-refractivity contribution in [3.05, 3.63) is 0 Å². The Morgan fingerprint density at radius 2 is 1.23 bits per heavy atom. The van der Waals surface area contributed by atoms with Crippen LogP contribution < -0.4 is 0 Å². The third-order valence-electron chi connectivity index (χ3n) is 5.04. The number of ether oxygens (including phenoxy) is 3. The predicted octanol–water partition coefficient (Wildman–Crippen LogP) is 4.01. The van der Waals surface area contributed by atoms with Gasteiger partial charge in [0.1, 0.15) is 19.7 Å². The highest BCUT2D eigenvalue weighted by molar-refractivity contribution is 5.85. The molecule has 0 spiro atoms. The predicted molar refractivity (Wildman–Crippen MR) is 121 cm³/mol. The van der Waals surface area contributed by atoms with Crippen molar-refractivity contribution >= 4 is 18.0 Å². The van der Waals surface area contributed by atoms with E-state index < -0.39 is 12.1 Å². The fourth-order valence-electron chi connectivity index (χ4n) is 3.05. The van der Waals surface area contributed by atoms with Gasteiger partial charge in [0.25, 0.3) is 0 Å². The number of amides is 2. The van der Waals surface area contributed by atoms with Crippen LogP contribution in [0, 0.1) is 0 Å². The van der Waals surface area contributed by atoms with Crippen molar-refractivity contribution < 1.29 is 28.6 Å². The molecule has 0 saturated heterocycles. The molecule has 0 rings (SSSR count). The molecule has 0 heterocycles. The molecule has 182 valence electrons. The lowest BCUT2D eigenvalue weighted by Crippen LogP contribution is -2.45. The summed E-state index contributed by atoms with van der Waals surface area (Å²) in [5, 5.41) is 0. The lowest BCUT2D eigenvalue weighted by molar-refractivity contribution is -0.149. The SMILES string of the molecule is CCCCCCCCCCCOC(=O)CN(CC)C(=O)CN(CC)C(=O)OCCOC. The number of nitrogens with zero attached hydrogens (tertiary/aromatic N) is 2. The van der Waals surface area contributed by atoms with Gasteiger partial charge in [-0.15, -0.1) is 0 Å². The average Bonchev–Trinajstić information content (AvgIpc) is 2.76. The summed E-state index contributed by atoms with van der Waals surface area (Å²) in [5.74, 6) is -0.728. The smallest absolute Gasteiger partial charge is 0.410 e. The molecule has 0 aromatic carbocycles. The molecule has 0 radical (unpaired) electrons. The van der Waals surface area contributed by atoms with E-state index in [-0.39, 0.29) is 25.6 Å². The summed E-state index contributed by atoms with van der Waals surface area (Å²) in [7, 11) is 1.52. The van der Waals surface area contributed by atoms with Crippen LogP contribution in [0.25, 0.3) is 0 Å². The van der Waals surface area contributed by atoms with Gasteiger partial charge in [0.05, 0.1) is 13.2 Å². The van der Waals surface area contributed by atoms with Gasteiger partial charge in [0, 0.05) is 20.2 Å². The third kappa shape index (κ3) is 15.6. The summed E-state index contributed by atoms with van der Waals surface area (Å²) in [6.45, 7) is 7.03. The summed E-state index contributed by atoms with van der Waals surface area (Å²) in [6.07, 6.45) is 10.2. The minimum Gasteiger partial charge on any atom is -0.464 e. The molecule has 0 saturated carbocycles. The van der Waals surface area contributed by atoms with Crippen molar-refractivity contribution in [3.8, 4) is 0 Å². The second kappa shape index (κ2) is 20.1. The molecular weight excluding hydrogens is 400 g/mol. The maximum atomic E-state index is 12.5. The zero-order valence-electron chi connectivity index (χ0n) is 20.2. The molecule has 0 N–H and O–H groups in total. The monoisotopic (exact) mass is 444 g/mol. The minimum absolute atomic E-state index is 0.108. The number of carbonyl (C=O) groups excluding carboxylic acids is 3. The number of carbonyl (C=O) groups is 3. The first-order chi connectivity index (χ1) is 15.0. The van der Waals surface area contributed by atoms with Crippen LogP contribution in [-0.4, -0.2) is 80.9 Å². The van der Waals surface area contributed by atoms with Crippen molar-refractivity contribution in [1.82, 2.24) is 9.80 Å². The summed E-state index contributed by atoms with van der Waals surface area (Å²) < 4.78 is 15.2. The van der Waals surface area contributed by atoms with Crippen molar-refractivity contribution in [2.75, 3.05) is 53.1 Å². The molecule has 2 amide bonds. The van der Waals surface area contributed by atoms with Gasteiger partial charge >= 0.3 is 12.1 Å². The van der Waals surface area contributed by atoms with Crippen molar-refractivity contribution in [1.29, 1.82) is 0 Å². The molecule has 0 aliphatic carbocycles. The van der Waals surface area contributed by atoms with Crippen LogP contribution in [0.15, 0.2) is 0 Å². The quantitative estimate of drug-likeness (QED) is 0.221. The van der Waals surface area contributed by atoms with Crippen LogP contribution >= 0.6 is 0 Å². The number of unbranched alkanes of at least 4 members (excludes halogenated alkanes) is 8. The molecule has 0 aliphatic rings. The van der Waals surface area contributed by atoms with Gasteiger partial charge in [-0.05, 0) is 20.3 Å². The van der Waals surface area contributed by atoms with Crippen LogP contribution in [0.2, 0.25) is 0 Å². The Balaban J connectivity index is 4.07. The number of hydrogen-bond donors (Lipinski definition) is 0. The highest BCUT2D eigenvalue weighted by atomic mass is 16.6. The maximum absolute atomic E-state index is 12.5. The molecule has 0 atom stereocenters. The highest BCUT2D eigenvalue weighted by Gasteiger charge is 2.22. The van der Waals surface area contributed by atoms with Gasteiger partial charge in [0.2, 0.25) is 5.91 Å². The van der Waals surface area contributed by atoms with Crippen LogP contribution in [0.5, 0.6) is 0 Å². The summed E-state index contributed by atoms with van der Waals surface area (Å²) in [4.78, 5) is 39.3. The largest absolute Gasteiger partial charge is 0.464 e. The second-order valence-electron chi connectivity index (χ2n) is 7.58. The molecule has 0 fully saturated rings. The summed E-state index contributed by atoms with van der Waals surface area (Å²) in [5.41, 5.74) is 0. The lowest BCUT2D eigenvalue weighted by atomic mass is 10.1. The van der Waals surface area contributed by atoms with E-state index in [4.69, 9.17) is 14.2 Å². The van der Waals surface area contributed by atoms with E-state index in [0.717, 1.165) is 19.3 Å². The Morgan fingerprint density at radius 1 is 0.645 bits per heavy atom. The fourth-order valence-corrected chi connectivity index (χ4v) is 3.05. The molecule has 0 aromatic heterocycles. The van der Waals surface area contributed by atoms with Crippen LogP contribution in [0.4, 0.5) is 4.79 Å². The van der Waals surface area contributed by atoms with Crippen molar-refractivity contribution in [3.63, 3.8) is 0 Å². The van der Waals surface area contributed by atoms with E-state index in [9.17, 15) is 14.4 Å². The number of esters is 1. The molecular formula is C23H44N2O6. The lowest BCUT2D eigenvalue weighted by Gasteiger charge is -2.25. The van der Waals surface area contributed by atoms with Crippen LogP contribution in [0.3, 0.4) is 0 Å². The number of hydrogen-bond acceptors (Lipinski definition) is 6. The normalized spacial score (nSPS) is 10.6. The molecule has 0 aliphatic heterocycles. The number of methoxy groups -OCH3 is 1. The molecule has 8 nitrogen and oxygen atoms in total. The van der Waals surface area contributed by atoms with Gasteiger partial charge in [-0.25, -0.2) is 4.79 Å². The second-order valence-corrected chi connectivity index (χ2v) is 7.58. The van der Waals surface area contributed by atoms with E-state index >= 15 is 0 Å². The zero-order chi connectivity index (χ0) is 23.3. The van der Waals surface area contributed by atoms with Gasteiger partial charge in [-0.3, -0.25) is 14.5 Å². The first-order valence-electron chi connectivity index (χ1n) is 11.8.